The zero-order valence-electron chi connectivity index (χ0n) is 21.8. The van der Waals surface area contributed by atoms with Crippen LogP contribution in [0.5, 0.6) is 23.0 Å². The predicted molar refractivity (Wildman–Crippen MR) is 117 cm³/mol. The molecule has 1 heterocycles. The van der Waals surface area contributed by atoms with E-state index in [0.717, 1.165) is 12.3 Å². The van der Waals surface area contributed by atoms with E-state index in [9.17, 15) is 35.9 Å². The number of anilines is 1. The number of nitrogens with one attached hydrogen (secondary N) is 1. The van der Waals surface area contributed by atoms with Crippen molar-refractivity contribution < 1.29 is 58.6 Å². The van der Waals surface area contributed by atoms with Gasteiger partial charge in [-0.05, 0) is 42.8 Å². The van der Waals surface area contributed by atoms with Crippen LogP contribution in [0.15, 0.2) is 42.6 Å². The summed E-state index contributed by atoms with van der Waals surface area (Å²) in [5, 5.41) is 2.12. The first-order chi connectivity index (χ1) is 18.7. The number of nitrogens with two attached hydrogens (primary N) is 1. The maximum absolute atomic E-state index is 15.2. The lowest BCUT2D eigenvalue weighted by molar-refractivity contribution is -0.274. The van der Waals surface area contributed by atoms with Crippen LogP contribution in [0.2, 0.25) is 0 Å². The van der Waals surface area contributed by atoms with Crippen molar-refractivity contribution in [3.8, 4) is 23.0 Å². The monoisotopic (exact) mass is 550 g/mol. The summed E-state index contributed by atoms with van der Waals surface area (Å²) in [6, 6.07) is 3.68. The number of nitrogens with zero attached hydrogens (tertiary/aromatic N) is 1. The highest BCUT2D eigenvalue weighted by atomic mass is 19.4. The largest absolute Gasteiger partial charge is 0.573 e. The number of rotatable bonds is 7. The number of benzene rings is 2. The molecule has 0 radical (unpaired) electrons. The molecule has 38 heavy (non-hydrogen) atoms. The number of aromatic nitrogens is 1. The second kappa shape index (κ2) is 10.4. The average Bonchev–Trinajstić information content (AvgIpc) is 2.79. The minimum atomic E-state index is -5.27. The van der Waals surface area contributed by atoms with E-state index < -0.39 is 71.3 Å². The molecule has 0 aliphatic rings. The van der Waals surface area contributed by atoms with Crippen LogP contribution in [0.4, 0.5) is 36.4 Å². The molecule has 2 amide bonds. The Hall–Kier alpha value is -4.56. The Balaban J connectivity index is 2.11. The highest BCUT2D eigenvalue weighted by Crippen LogP contribution is 2.41. The number of amides is 2. The van der Waals surface area contributed by atoms with Crippen LogP contribution < -0.4 is 25.3 Å². The summed E-state index contributed by atoms with van der Waals surface area (Å²) in [5.41, 5.74) is 1.70. The topological polar surface area (TPSA) is 113 Å². The standard InChI is InChI=1S/C23H16F7N3O5/c1-10-7-13(20(31)34)32-9-14(10)33-21(35)18-16(6-4-12(19(18)24)22(25,26)27)37-15-5-3-11(8-17(15)36-2)38-23(28,29)30/h3-9H,1-2H3,(H2,31,34)(H,33,35)/i2D3. The summed E-state index contributed by atoms with van der Waals surface area (Å²) < 4.78 is 129. The van der Waals surface area contributed by atoms with Crippen molar-refractivity contribution >= 4 is 17.5 Å². The van der Waals surface area contributed by atoms with E-state index in [1.54, 1.807) is 0 Å². The number of carbonyl (C=O) groups is 2. The fraction of sp³-hybridized carbons (Fsp3) is 0.174. The van der Waals surface area contributed by atoms with Crippen molar-refractivity contribution in [1.29, 1.82) is 0 Å². The summed E-state index contributed by atoms with van der Waals surface area (Å²) in [4.78, 5) is 28.0. The molecule has 3 N–H and O–H groups in total. The highest BCUT2D eigenvalue weighted by molar-refractivity contribution is 6.07. The molecule has 0 spiro atoms. The summed E-state index contributed by atoms with van der Waals surface area (Å²) in [6.45, 7) is 1.37. The molecule has 0 fully saturated rings. The minimum Gasteiger partial charge on any atom is -0.493 e. The van der Waals surface area contributed by atoms with E-state index in [1.165, 1.54) is 6.92 Å². The normalized spacial score (nSPS) is 13.1. The van der Waals surface area contributed by atoms with Gasteiger partial charge in [0, 0.05) is 6.07 Å². The number of alkyl halides is 6. The lowest BCUT2D eigenvalue weighted by Gasteiger charge is -2.18. The molecule has 15 heteroatoms. The van der Waals surface area contributed by atoms with Gasteiger partial charge in [-0.1, -0.05) is 0 Å². The van der Waals surface area contributed by atoms with E-state index in [-0.39, 0.29) is 23.0 Å². The van der Waals surface area contributed by atoms with Gasteiger partial charge in [-0.15, -0.1) is 13.2 Å². The van der Waals surface area contributed by atoms with E-state index in [1.807, 2.05) is 0 Å². The number of ether oxygens (including phenoxy) is 3. The summed E-state index contributed by atoms with van der Waals surface area (Å²) in [6.07, 6.45) is -9.53. The molecule has 3 aromatic rings. The average molecular weight is 550 g/mol. The number of aryl methyl sites for hydroxylation is 1. The SMILES string of the molecule is [2H]C([2H])([2H])Oc1cc(OC(F)(F)F)ccc1Oc1ccc(C(F)(F)F)c(F)c1C(=O)Nc1cnc(C(N)=O)cc1C. The number of methoxy groups -OCH3 is 1. The third-order valence-electron chi connectivity index (χ3n) is 4.73. The molecule has 0 atom stereocenters. The van der Waals surface area contributed by atoms with Gasteiger partial charge < -0.3 is 25.3 Å². The fourth-order valence-electron chi connectivity index (χ4n) is 3.05. The molecule has 0 saturated carbocycles. The van der Waals surface area contributed by atoms with E-state index in [4.69, 9.17) is 14.6 Å². The molecule has 1 aromatic heterocycles. The quantitative estimate of drug-likeness (QED) is 0.371. The lowest BCUT2D eigenvalue weighted by Crippen LogP contribution is -2.20. The Morgan fingerprint density at radius 2 is 1.71 bits per heavy atom. The minimum absolute atomic E-state index is 0.158. The van der Waals surface area contributed by atoms with E-state index >= 15 is 4.39 Å². The molecule has 0 bridgehead atoms. The Kier molecular flexibility index (Phi) is 6.54. The van der Waals surface area contributed by atoms with Gasteiger partial charge in [0.05, 0.1) is 28.6 Å². The second-order valence-electron chi connectivity index (χ2n) is 7.36. The molecule has 8 nitrogen and oxygen atoms in total. The van der Waals surface area contributed by atoms with Gasteiger partial charge >= 0.3 is 12.5 Å². The molecular formula is C23H16F7N3O5. The number of primary amides is 1. The van der Waals surface area contributed by atoms with Gasteiger partial charge in [-0.3, -0.25) is 9.59 Å². The molecule has 0 unspecified atom stereocenters. The maximum atomic E-state index is 15.2. The predicted octanol–water partition coefficient (Wildman–Crippen LogP) is 5.60. The Labute approximate surface area is 213 Å². The molecule has 0 aliphatic heterocycles. The Bertz CT molecular complexity index is 1500. The molecule has 0 aliphatic carbocycles. The summed E-state index contributed by atoms with van der Waals surface area (Å²) in [5.74, 6) is -8.03. The zero-order chi connectivity index (χ0) is 30.9. The van der Waals surface area contributed by atoms with Crippen LogP contribution in [0, 0.1) is 12.7 Å². The molecule has 0 saturated heterocycles. The molecule has 202 valence electrons. The second-order valence-corrected chi connectivity index (χ2v) is 7.36. The van der Waals surface area contributed by atoms with Crippen LogP contribution >= 0.6 is 0 Å². The van der Waals surface area contributed by atoms with Crippen molar-refractivity contribution in [2.24, 2.45) is 5.73 Å². The van der Waals surface area contributed by atoms with Gasteiger partial charge in [-0.2, -0.15) is 13.2 Å². The molecule has 2 aromatic carbocycles. The lowest BCUT2D eigenvalue weighted by atomic mass is 10.1. The van der Waals surface area contributed by atoms with Crippen LogP contribution in [-0.2, 0) is 6.18 Å². The highest BCUT2D eigenvalue weighted by Gasteiger charge is 2.38. The van der Waals surface area contributed by atoms with Crippen molar-refractivity contribution in [2.75, 3.05) is 12.4 Å². The Morgan fingerprint density at radius 3 is 2.29 bits per heavy atom. The van der Waals surface area contributed by atoms with Crippen LogP contribution in [0.25, 0.3) is 0 Å². The zero-order valence-corrected chi connectivity index (χ0v) is 18.8. The van der Waals surface area contributed by atoms with Crippen LogP contribution in [-0.4, -0.2) is 30.2 Å². The van der Waals surface area contributed by atoms with Crippen molar-refractivity contribution in [2.45, 2.75) is 19.5 Å². The number of pyridine rings is 1. The third kappa shape index (κ3) is 6.41. The summed E-state index contributed by atoms with van der Waals surface area (Å²) in [7, 11) is -3.26. The van der Waals surface area contributed by atoms with Gasteiger partial charge in [0.2, 0.25) is 0 Å². The molecule has 3 rings (SSSR count). The smallest absolute Gasteiger partial charge is 0.493 e. The third-order valence-corrected chi connectivity index (χ3v) is 4.73. The van der Waals surface area contributed by atoms with Crippen molar-refractivity contribution in [3.05, 3.63) is 70.8 Å². The maximum Gasteiger partial charge on any atom is 0.573 e. The van der Waals surface area contributed by atoms with E-state index in [0.29, 0.717) is 24.3 Å². The number of carbonyl (C=O) groups excluding carboxylic acids is 2. The molecular weight excluding hydrogens is 531 g/mol. The van der Waals surface area contributed by atoms with Gasteiger partial charge in [0.1, 0.15) is 22.8 Å². The Morgan fingerprint density at radius 1 is 1.03 bits per heavy atom. The number of halogens is 7. The fourth-order valence-corrected chi connectivity index (χ4v) is 3.05. The van der Waals surface area contributed by atoms with Gasteiger partial charge in [0.15, 0.2) is 17.3 Å². The first-order valence-electron chi connectivity index (χ1n) is 11.5. The van der Waals surface area contributed by atoms with Gasteiger partial charge in [0.25, 0.3) is 11.8 Å². The first kappa shape index (κ1) is 23.8. The van der Waals surface area contributed by atoms with Crippen molar-refractivity contribution in [1.82, 2.24) is 4.98 Å². The first-order valence-corrected chi connectivity index (χ1v) is 9.99. The van der Waals surface area contributed by atoms with E-state index in [2.05, 4.69) is 19.8 Å². The van der Waals surface area contributed by atoms with Crippen LogP contribution in [0.3, 0.4) is 0 Å². The number of hydrogen-bond acceptors (Lipinski definition) is 6. The van der Waals surface area contributed by atoms with Crippen LogP contribution in [0.1, 0.15) is 36.1 Å². The van der Waals surface area contributed by atoms with Crippen molar-refractivity contribution in [3.63, 3.8) is 0 Å². The number of hydrogen-bond donors (Lipinski definition) is 2. The van der Waals surface area contributed by atoms with Gasteiger partial charge in [-0.25, -0.2) is 9.37 Å². The summed E-state index contributed by atoms with van der Waals surface area (Å²) >= 11 is 0.